The van der Waals surface area contributed by atoms with E-state index >= 15 is 0 Å². The number of amides is 1. The molecule has 0 saturated carbocycles. The van der Waals surface area contributed by atoms with Crippen LogP contribution in [0.25, 0.3) is 5.69 Å². The smallest absolute Gasteiger partial charge is 0.301 e. The van der Waals surface area contributed by atoms with E-state index in [0.29, 0.717) is 0 Å². The van der Waals surface area contributed by atoms with E-state index in [9.17, 15) is 18.0 Å². The molecule has 1 amide bonds. The molecule has 0 aliphatic rings. The number of hydrogen-bond donors (Lipinski definition) is 2. The monoisotopic (exact) mass is 428 g/mol. The van der Waals surface area contributed by atoms with Crippen LogP contribution in [0.1, 0.15) is 10.6 Å². The van der Waals surface area contributed by atoms with Gasteiger partial charge in [-0.15, -0.1) is 4.83 Å². The van der Waals surface area contributed by atoms with Gasteiger partial charge in [-0.2, -0.15) is 9.78 Å². The van der Waals surface area contributed by atoms with Crippen molar-refractivity contribution in [3.05, 3.63) is 75.0 Å². The molecule has 0 saturated heterocycles. The van der Waals surface area contributed by atoms with Crippen molar-refractivity contribution in [2.75, 3.05) is 0 Å². The summed E-state index contributed by atoms with van der Waals surface area (Å²) in [5.41, 5.74) is 1.65. The van der Waals surface area contributed by atoms with Crippen LogP contribution in [-0.2, 0) is 10.0 Å². The highest BCUT2D eigenvalue weighted by Gasteiger charge is 2.17. The number of furan rings is 1. The number of sulfonamides is 1. The van der Waals surface area contributed by atoms with Gasteiger partial charge in [0.1, 0.15) is 5.02 Å². The van der Waals surface area contributed by atoms with Crippen molar-refractivity contribution in [2.24, 2.45) is 0 Å². The van der Waals surface area contributed by atoms with E-state index in [-0.39, 0.29) is 26.4 Å². The van der Waals surface area contributed by atoms with Gasteiger partial charge in [0, 0.05) is 0 Å². The van der Waals surface area contributed by atoms with Crippen molar-refractivity contribution in [2.45, 2.75) is 4.90 Å². The highest BCUT2D eigenvalue weighted by molar-refractivity contribution is 7.89. The molecule has 2 heterocycles. The number of carbonyl (C=O) groups excluding carboxylic acids is 1. The Balaban J connectivity index is 1.79. The van der Waals surface area contributed by atoms with E-state index in [1.54, 1.807) is 0 Å². The Kier molecular flexibility index (Phi) is 5.33. The molecule has 0 atom stereocenters. The van der Waals surface area contributed by atoms with Gasteiger partial charge in [0.15, 0.2) is 5.76 Å². The summed E-state index contributed by atoms with van der Waals surface area (Å²) in [4.78, 5) is 25.6. The molecule has 0 radical (unpaired) electrons. The molecule has 0 aliphatic heterocycles. The molecule has 140 valence electrons. The SMILES string of the molecule is O=C(NNS(=O)(=O)c1ccc(-n2ncc(Cl)c(Cl)c2=O)cc1)c1ccco1. The number of aromatic nitrogens is 2. The lowest BCUT2D eigenvalue weighted by molar-refractivity contribution is 0.0917. The first-order valence-corrected chi connectivity index (χ1v) is 9.43. The normalized spacial score (nSPS) is 11.3. The summed E-state index contributed by atoms with van der Waals surface area (Å²) < 4.78 is 30.3. The van der Waals surface area contributed by atoms with Crippen molar-refractivity contribution in [3.8, 4) is 5.69 Å². The zero-order chi connectivity index (χ0) is 19.6. The minimum Gasteiger partial charge on any atom is -0.459 e. The molecule has 0 spiro atoms. The Morgan fingerprint density at radius 3 is 2.48 bits per heavy atom. The van der Waals surface area contributed by atoms with E-state index in [2.05, 4.69) is 5.10 Å². The Morgan fingerprint density at radius 1 is 1.15 bits per heavy atom. The molecule has 27 heavy (non-hydrogen) atoms. The molecule has 0 aliphatic carbocycles. The Bertz CT molecular complexity index is 1140. The third-order valence-electron chi connectivity index (χ3n) is 3.31. The van der Waals surface area contributed by atoms with Crippen LogP contribution in [0.5, 0.6) is 0 Å². The molecule has 3 aromatic rings. The number of nitrogens with one attached hydrogen (secondary N) is 2. The maximum Gasteiger partial charge on any atom is 0.301 e. The number of benzene rings is 1. The fraction of sp³-hybridized carbons (Fsp3) is 0. The summed E-state index contributed by atoms with van der Waals surface area (Å²) in [6.07, 6.45) is 2.47. The quantitative estimate of drug-likeness (QED) is 0.596. The maximum atomic E-state index is 12.2. The van der Waals surface area contributed by atoms with Gasteiger partial charge >= 0.3 is 5.91 Å². The second kappa shape index (κ2) is 7.53. The van der Waals surface area contributed by atoms with Gasteiger partial charge in [0.2, 0.25) is 0 Å². The fourth-order valence-corrected chi connectivity index (χ4v) is 3.10. The van der Waals surface area contributed by atoms with E-state index in [1.165, 1.54) is 48.9 Å². The van der Waals surface area contributed by atoms with Crippen molar-refractivity contribution < 1.29 is 17.6 Å². The number of rotatable bonds is 5. The Hall–Kier alpha value is -2.66. The van der Waals surface area contributed by atoms with Gasteiger partial charge in [-0.1, -0.05) is 23.2 Å². The summed E-state index contributed by atoms with van der Waals surface area (Å²) in [5.74, 6) is -0.815. The lowest BCUT2D eigenvalue weighted by atomic mass is 10.3. The van der Waals surface area contributed by atoms with Crippen molar-refractivity contribution in [1.82, 2.24) is 20.0 Å². The van der Waals surface area contributed by atoms with Gasteiger partial charge in [0.25, 0.3) is 15.6 Å². The summed E-state index contributed by atoms with van der Waals surface area (Å²) in [6, 6.07) is 8.02. The molecule has 1 aromatic carbocycles. The average molecular weight is 429 g/mol. The average Bonchev–Trinajstić information content (AvgIpc) is 3.19. The zero-order valence-electron chi connectivity index (χ0n) is 13.2. The molecule has 0 bridgehead atoms. The maximum absolute atomic E-state index is 12.2. The largest absolute Gasteiger partial charge is 0.459 e. The van der Waals surface area contributed by atoms with Crippen molar-refractivity contribution >= 4 is 39.1 Å². The predicted octanol–water partition coefficient (Wildman–Crippen LogP) is 1.76. The summed E-state index contributed by atoms with van der Waals surface area (Å²) in [5, 5.41) is 3.65. The molecule has 0 fully saturated rings. The standard InChI is InChI=1S/C15H10Cl2N4O5S/c16-11-8-18-21(15(23)13(11)17)9-3-5-10(6-4-9)27(24,25)20-19-14(22)12-2-1-7-26-12/h1-8,20H,(H,19,22). The summed E-state index contributed by atoms with van der Waals surface area (Å²) >= 11 is 11.5. The summed E-state index contributed by atoms with van der Waals surface area (Å²) in [7, 11) is -4.05. The van der Waals surface area contributed by atoms with Crippen LogP contribution < -0.4 is 15.8 Å². The number of nitrogens with zero attached hydrogens (tertiary/aromatic N) is 2. The lowest BCUT2D eigenvalue weighted by Crippen LogP contribution is -2.41. The van der Waals surface area contributed by atoms with E-state index < -0.39 is 21.5 Å². The van der Waals surface area contributed by atoms with Gasteiger partial charge < -0.3 is 4.42 Å². The minimum atomic E-state index is -4.05. The number of halogens is 2. The number of hydrazine groups is 1. The van der Waals surface area contributed by atoms with Crippen LogP contribution >= 0.6 is 23.2 Å². The molecule has 3 rings (SSSR count). The van der Waals surface area contributed by atoms with Crippen molar-refractivity contribution in [3.63, 3.8) is 0 Å². The van der Waals surface area contributed by atoms with Gasteiger partial charge in [-0.05, 0) is 36.4 Å². The van der Waals surface area contributed by atoms with Gasteiger partial charge in [-0.3, -0.25) is 15.0 Å². The zero-order valence-corrected chi connectivity index (χ0v) is 15.5. The summed E-state index contributed by atoms with van der Waals surface area (Å²) in [6.45, 7) is 0. The molecule has 12 heteroatoms. The van der Waals surface area contributed by atoms with E-state index in [1.807, 2.05) is 10.3 Å². The van der Waals surface area contributed by atoms with Crippen LogP contribution in [0.2, 0.25) is 10.0 Å². The van der Waals surface area contributed by atoms with E-state index in [4.69, 9.17) is 27.6 Å². The third-order valence-corrected chi connectivity index (χ3v) is 5.32. The van der Waals surface area contributed by atoms with Crippen LogP contribution in [0.4, 0.5) is 0 Å². The first-order chi connectivity index (χ1) is 12.8. The lowest BCUT2D eigenvalue weighted by Gasteiger charge is -2.09. The molecule has 0 unspecified atom stereocenters. The second-order valence-electron chi connectivity index (χ2n) is 5.05. The van der Waals surface area contributed by atoms with Crippen LogP contribution in [0, 0.1) is 0 Å². The molecule has 2 N–H and O–H groups in total. The van der Waals surface area contributed by atoms with Crippen LogP contribution in [0.3, 0.4) is 0 Å². The van der Waals surface area contributed by atoms with Crippen molar-refractivity contribution in [1.29, 1.82) is 0 Å². The molecule has 2 aromatic heterocycles. The van der Waals surface area contributed by atoms with E-state index in [0.717, 1.165) is 4.68 Å². The highest BCUT2D eigenvalue weighted by atomic mass is 35.5. The number of hydrogen-bond acceptors (Lipinski definition) is 6. The molecular weight excluding hydrogens is 419 g/mol. The van der Waals surface area contributed by atoms with Gasteiger partial charge in [-0.25, -0.2) is 8.42 Å². The molecule has 9 nitrogen and oxygen atoms in total. The first kappa shape index (κ1) is 19.1. The molecular formula is C15H10Cl2N4O5S. The predicted molar refractivity (Wildman–Crippen MR) is 96.3 cm³/mol. The Morgan fingerprint density at radius 2 is 1.85 bits per heavy atom. The fourth-order valence-electron chi connectivity index (χ4n) is 2.00. The number of carbonyl (C=O) groups is 1. The van der Waals surface area contributed by atoms with Crippen LogP contribution in [0.15, 0.2) is 63.0 Å². The van der Waals surface area contributed by atoms with Gasteiger partial charge in [0.05, 0.1) is 28.1 Å². The minimum absolute atomic E-state index is 0.00798. The third kappa shape index (κ3) is 4.03. The topological polar surface area (TPSA) is 123 Å². The second-order valence-corrected chi connectivity index (χ2v) is 7.52. The Labute approximate surface area is 162 Å². The van der Waals surface area contributed by atoms with Crippen LogP contribution in [-0.4, -0.2) is 24.1 Å². The first-order valence-electron chi connectivity index (χ1n) is 7.19. The highest BCUT2D eigenvalue weighted by Crippen LogP contribution is 2.17.